The van der Waals surface area contributed by atoms with Crippen molar-refractivity contribution in [3.63, 3.8) is 0 Å². The Bertz CT molecular complexity index is 461. The molecule has 90 valence electrons. The van der Waals surface area contributed by atoms with Gasteiger partial charge in [0.05, 0.1) is 24.2 Å². The second-order valence-corrected chi connectivity index (χ2v) is 4.43. The number of nitrogens with zero attached hydrogens (tertiary/aromatic N) is 1. The Balaban J connectivity index is 3.08. The fourth-order valence-corrected chi connectivity index (χ4v) is 1.61. The zero-order valence-electron chi connectivity index (χ0n) is 10.2. The Hall–Kier alpha value is -1.86. The summed E-state index contributed by atoms with van der Waals surface area (Å²) in [5.41, 5.74) is 6.51. The molecular formula is C13H16N2O2. The molecule has 4 nitrogen and oxygen atoms in total. The number of nitrogens with two attached hydrogens (primary N) is 1. The van der Waals surface area contributed by atoms with Crippen LogP contribution in [0.4, 0.5) is 0 Å². The zero-order chi connectivity index (χ0) is 13.1. The predicted molar refractivity (Wildman–Crippen MR) is 63.9 cm³/mol. The van der Waals surface area contributed by atoms with Crippen LogP contribution >= 0.6 is 0 Å². The molecule has 17 heavy (non-hydrogen) atoms. The summed E-state index contributed by atoms with van der Waals surface area (Å²) in [4.78, 5) is 11.6. The summed E-state index contributed by atoms with van der Waals surface area (Å²) in [5.74, 6) is -0.368. The van der Waals surface area contributed by atoms with Crippen LogP contribution in [0, 0.1) is 16.7 Å². The topological polar surface area (TPSA) is 76.1 Å². The molecule has 0 amide bonds. The van der Waals surface area contributed by atoms with Gasteiger partial charge in [-0.05, 0) is 31.5 Å². The van der Waals surface area contributed by atoms with E-state index in [1.807, 2.05) is 6.07 Å². The molecule has 1 rings (SSSR count). The van der Waals surface area contributed by atoms with Gasteiger partial charge in [0, 0.05) is 6.04 Å². The minimum atomic E-state index is -0.831. The first kappa shape index (κ1) is 13.2. The summed E-state index contributed by atoms with van der Waals surface area (Å²) < 4.78 is 4.73. The van der Waals surface area contributed by atoms with Crippen molar-refractivity contribution in [2.24, 2.45) is 11.1 Å². The third-order valence-electron chi connectivity index (χ3n) is 2.86. The van der Waals surface area contributed by atoms with Crippen LogP contribution in [0.2, 0.25) is 0 Å². The monoisotopic (exact) mass is 232 g/mol. The Morgan fingerprint density at radius 3 is 2.71 bits per heavy atom. The highest BCUT2D eigenvalue weighted by atomic mass is 16.5. The Labute approximate surface area is 101 Å². The largest absolute Gasteiger partial charge is 0.469 e. The van der Waals surface area contributed by atoms with Gasteiger partial charge in [0.25, 0.3) is 0 Å². The van der Waals surface area contributed by atoms with E-state index in [0.717, 1.165) is 5.56 Å². The van der Waals surface area contributed by atoms with E-state index in [1.165, 1.54) is 7.11 Å². The standard InChI is InChI=1S/C13H16N2O2/c1-13(2,12(16)17-3)11(15)10-6-4-5-9(7-10)8-14/h4-7,11H,15H2,1-3H3/t11-/m0/s1. The van der Waals surface area contributed by atoms with E-state index in [4.69, 9.17) is 15.7 Å². The Kier molecular flexibility index (Phi) is 3.87. The Morgan fingerprint density at radius 2 is 2.18 bits per heavy atom. The van der Waals surface area contributed by atoms with Gasteiger partial charge in [-0.1, -0.05) is 12.1 Å². The number of esters is 1. The highest BCUT2D eigenvalue weighted by molar-refractivity contribution is 5.77. The zero-order valence-corrected chi connectivity index (χ0v) is 10.2. The summed E-state index contributed by atoms with van der Waals surface area (Å²) in [6.07, 6.45) is 0. The molecule has 0 aliphatic carbocycles. The number of benzene rings is 1. The molecule has 0 bridgehead atoms. The molecule has 1 aromatic rings. The van der Waals surface area contributed by atoms with Gasteiger partial charge < -0.3 is 10.5 Å². The van der Waals surface area contributed by atoms with Gasteiger partial charge in [-0.3, -0.25) is 4.79 Å². The van der Waals surface area contributed by atoms with Gasteiger partial charge in [-0.15, -0.1) is 0 Å². The van der Waals surface area contributed by atoms with Crippen molar-refractivity contribution in [3.8, 4) is 6.07 Å². The SMILES string of the molecule is COC(=O)C(C)(C)[C@@H](N)c1cccc(C#N)c1. The summed E-state index contributed by atoms with van der Waals surface area (Å²) in [6, 6.07) is 8.47. The van der Waals surface area contributed by atoms with Crippen LogP contribution in [-0.2, 0) is 9.53 Å². The van der Waals surface area contributed by atoms with E-state index in [1.54, 1.807) is 38.1 Å². The first-order valence-electron chi connectivity index (χ1n) is 5.27. The van der Waals surface area contributed by atoms with E-state index in [9.17, 15) is 4.79 Å². The second-order valence-electron chi connectivity index (χ2n) is 4.43. The average Bonchev–Trinajstić information content (AvgIpc) is 2.36. The molecule has 0 saturated heterocycles. The van der Waals surface area contributed by atoms with Crippen molar-refractivity contribution in [1.29, 1.82) is 5.26 Å². The molecule has 1 atom stereocenters. The van der Waals surface area contributed by atoms with E-state index in [0.29, 0.717) is 5.56 Å². The number of methoxy groups -OCH3 is 1. The minimum absolute atomic E-state index is 0.368. The lowest BCUT2D eigenvalue weighted by Crippen LogP contribution is -2.37. The molecule has 0 aliphatic rings. The van der Waals surface area contributed by atoms with Gasteiger partial charge in [-0.25, -0.2) is 0 Å². The fourth-order valence-electron chi connectivity index (χ4n) is 1.61. The number of hydrogen-bond acceptors (Lipinski definition) is 4. The summed E-state index contributed by atoms with van der Waals surface area (Å²) in [5, 5.41) is 8.82. The van der Waals surface area contributed by atoms with Crippen molar-refractivity contribution in [3.05, 3.63) is 35.4 Å². The number of nitriles is 1. The van der Waals surface area contributed by atoms with Crippen molar-refractivity contribution in [2.75, 3.05) is 7.11 Å². The van der Waals surface area contributed by atoms with Gasteiger partial charge >= 0.3 is 5.97 Å². The van der Waals surface area contributed by atoms with Crippen LogP contribution in [0.25, 0.3) is 0 Å². The molecule has 1 aromatic carbocycles. The summed E-state index contributed by atoms with van der Waals surface area (Å²) in [6.45, 7) is 3.45. The second kappa shape index (κ2) is 4.98. The quantitative estimate of drug-likeness (QED) is 0.805. The molecular weight excluding hydrogens is 216 g/mol. The van der Waals surface area contributed by atoms with Crippen LogP contribution < -0.4 is 5.73 Å². The van der Waals surface area contributed by atoms with E-state index in [-0.39, 0.29) is 5.97 Å². The highest BCUT2D eigenvalue weighted by Gasteiger charge is 2.36. The maximum Gasteiger partial charge on any atom is 0.313 e. The van der Waals surface area contributed by atoms with E-state index < -0.39 is 11.5 Å². The Morgan fingerprint density at radius 1 is 1.53 bits per heavy atom. The fraction of sp³-hybridized carbons (Fsp3) is 0.385. The van der Waals surface area contributed by atoms with Gasteiger partial charge in [0.1, 0.15) is 0 Å². The van der Waals surface area contributed by atoms with Crippen LogP contribution in [-0.4, -0.2) is 13.1 Å². The normalized spacial score (nSPS) is 12.6. The molecule has 0 unspecified atom stereocenters. The smallest absolute Gasteiger partial charge is 0.313 e. The van der Waals surface area contributed by atoms with Crippen LogP contribution in [0.15, 0.2) is 24.3 Å². The van der Waals surface area contributed by atoms with Gasteiger partial charge in [0.15, 0.2) is 0 Å². The van der Waals surface area contributed by atoms with Crippen molar-refractivity contribution < 1.29 is 9.53 Å². The predicted octanol–water partition coefficient (Wildman–Crippen LogP) is 1.76. The molecule has 0 fully saturated rings. The number of rotatable bonds is 3. The molecule has 4 heteroatoms. The lowest BCUT2D eigenvalue weighted by Gasteiger charge is -2.28. The molecule has 0 radical (unpaired) electrons. The molecule has 0 aliphatic heterocycles. The summed E-state index contributed by atoms with van der Waals surface area (Å²) >= 11 is 0. The van der Waals surface area contributed by atoms with Gasteiger partial charge in [-0.2, -0.15) is 5.26 Å². The van der Waals surface area contributed by atoms with Crippen molar-refractivity contribution >= 4 is 5.97 Å². The van der Waals surface area contributed by atoms with Crippen molar-refractivity contribution in [2.45, 2.75) is 19.9 Å². The summed E-state index contributed by atoms with van der Waals surface area (Å²) in [7, 11) is 1.34. The molecule has 0 spiro atoms. The molecule has 0 aromatic heterocycles. The van der Waals surface area contributed by atoms with Crippen LogP contribution in [0.3, 0.4) is 0 Å². The van der Waals surface area contributed by atoms with Gasteiger partial charge in [0.2, 0.25) is 0 Å². The van der Waals surface area contributed by atoms with Crippen LogP contribution in [0.1, 0.15) is 31.0 Å². The highest BCUT2D eigenvalue weighted by Crippen LogP contribution is 2.32. The van der Waals surface area contributed by atoms with Crippen molar-refractivity contribution in [1.82, 2.24) is 0 Å². The van der Waals surface area contributed by atoms with Crippen LogP contribution in [0.5, 0.6) is 0 Å². The number of ether oxygens (including phenoxy) is 1. The maximum absolute atomic E-state index is 11.6. The lowest BCUT2D eigenvalue weighted by atomic mass is 9.81. The number of hydrogen-bond donors (Lipinski definition) is 1. The number of carbonyl (C=O) groups is 1. The minimum Gasteiger partial charge on any atom is -0.469 e. The average molecular weight is 232 g/mol. The first-order chi connectivity index (χ1) is 7.93. The maximum atomic E-state index is 11.6. The first-order valence-corrected chi connectivity index (χ1v) is 5.27. The van der Waals surface area contributed by atoms with E-state index in [2.05, 4.69) is 0 Å². The molecule has 0 heterocycles. The van der Waals surface area contributed by atoms with E-state index >= 15 is 0 Å². The molecule has 2 N–H and O–H groups in total. The third kappa shape index (κ3) is 2.63. The number of carbonyl (C=O) groups excluding carboxylic acids is 1. The molecule has 0 saturated carbocycles. The third-order valence-corrected chi connectivity index (χ3v) is 2.86. The lowest BCUT2D eigenvalue weighted by molar-refractivity contribution is -0.152.